The Morgan fingerprint density at radius 3 is 2.86 bits per heavy atom. The Morgan fingerprint density at radius 2 is 2.14 bits per heavy atom. The lowest BCUT2D eigenvalue weighted by Gasteiger charge is -2.00. The third-order valence-electron chi connectivity index (χ3n) is 1.77. The van der Waals surface area contributed by atoms with Crippen molar-refractivity contribution in [3.05, 3.63) is 43.9 Å². The summed E-state index contributed by atoms with van der Waals surface area (Å²) in [6.45, 7) is 0. The highest BCUT2D eigenvalue weighted by Gasteiger charge is 2.12. The van der Waals surface area contributed by atoms with Gasteiger partial charge in [0, 0.05) is 5.39 Å². The van der Waals surface area contributed by atoms with Crippen LogP contribution < -0.4 is 5.63 Å². The molecule has 0 atom stereocenters. The molecule has 0 aliphatic rings. The van der Waals surface area contributed by atoms with Crippen LogP contribution in [0.2, 0.25) is 5.02 Å². The molecule has 0 aliphatic heterocycles. The van der Waals surface area contributed by atoms with E-state index in [0.29, 0.717) is 5.39 Å². The first-order valence-electron chi connectivity index (χ1n) is 3.67. The number of halogens is 3. The quantitative estimate of drug-likeness (QED) is 0.691. The van der Waals surface area contributed by atoms with Gasteiger partial charge in [-0.1, -0.05) is 17.7 Å². The van der Waals surface area contributed by atoms with E-state index in [1.165, 1.54) is 12.1 Å². The Bertz CT molecular complexity index is 564. The zero-order valence-corrected chi connectivity index (χ0v) is 9.02. The van der Waals surface area contributed by atoms with Gasteiger partial charge in [0.05, 0.1) is 5.02 Å². The molecule has 5 heteroatoms. The summed E-state index contributed by atoms with van der Waals surface area (Å²) in [4.78, 5) is 11.1. The molecule has 2 nitrogen and oxygen atoms in total. The van der Waals surface area contributed by atoms with Crippen LogP contribution in [-0.4, -0.2) is 0 Å². The van der Waals surface area contributed by atoms with Gasteiger partial charge in [-0.3, -0.25) is 0 Å². The van der Waals surface area contributed by atoms with Crippen LogP contribution in [0, 0.1) is 5.82 Å². The minimum Gasteiger partial charge on any atom is -0.419 e. The first-order valence-corrected chi connectivity index (χ1v) is 4.84. The number of hydrogen-bond acceptors (Lipinski definition) is 2. The number of fused-ring (bicyclic) bond motifs is 1. The number of benzene rings is 1. The maximum Gasteiger partial charge on any atom is 0.352 e. The van der Waals surface area contributed by atoms with E-state index in [1.807, 2.05) is 0 Å². The molecule has 0 unspecified atom stereocenters. The summed E-state index contributed by atoms with van der Waals surface area (Å²) in [5, 5.41) is 0.536. The van der Waals surface area contributed by atoms with Gasteiger partial charge < -0.3 is 4.42 Å². The normalized spacial score (nSPS) is 10.8. The largest absolute Gasteiger partial charge is 0.419 e. The standard InChI is InChI=1S/C9H3BrClFO2/c10-6-7(11)4-2-1-3-5(12)8(4)14-9(6)13/h1-3H. The predicted molar refractivity (Wildman–Crippen MR) is 55.2 cm³/mol. The fraction of sp³-hybridized carbons (Fsp3) is 0. The molecule has 0 fully saturated rings. The molecule has 0 saturated carbocycles. The average molecular weight is 277 g/mol. The lowest BCUT2D eigenvalue weighted by molar-refractivity contribution is 0.521. The second kappa shape index (κ2) is 3.37. The van der Waals surface area contributed by atoms with Gasteiger partial charge in [-0.2, -0.15) is 0 Å². The van der Waals surface area contributed by atoms with Crippen LogP contribution in [0.4, 0.5) is 4.39 Å². The highest BCUT2D eigenvalue weighted by molar-refractivity contribution is 9.10. The zero-order chi connectivity index (χ0) is 10.3. The second-order valence-electron chi connectivity index (χ2n) is 2.63. The van der Waals surface area contributed by atoms with Crippen molar-refractivity contribution in [1.29, 1.82) is 0 Å². The summed E-state index contributed by atoms with van der Waals surface area (Å²) in [6, 6.07) is 4.28. The van der Waals surface area contributed by atoms with E-state index >= 15 is 0 Å². The SMILES string of the molecule is O=c1oc2c(F)cccc2c(Cl)c1Br. The Morgan fingerprint density at radius 1 is 1.43 bits per heavy atom. The molecule has 14 heavy (non-hydrogen) atoms. The summed E-state index contributed by atoms with van der Waals surface area (Å²) < 4.78 is 18.0. The summed E-state index contributed by atoms with van der Waals surface area (Å²) in [6.07, 6.45) is 0. The molecule has 1 aromatic carbocycles. The molecule has 0 radical (unpaired) electrons. The molecule has 0 spiro atoms. The molecule has 0 saturated heterocycles. The Labute approximate surface area is 91.4 Å². The summed E-state index contributed by atoms with van der Waals surface area (Å²) in [7, 11) is 0. The fourth-order valence-corrected chi connectivity index (χ4v) is 1.65. The van der Waals surface area contributed by atoms with Gasteiger partial charge >= 0.3 is 5.63 Å². The average Bonchev–Trinajstić information content (AvgIpc) is 2.17. The van der Waals surface area contributed by atoms with Crippen molar-refractivity contribution in [1.82, 2.24) is 0 Å². The monoisotopic (exact) mass is 276 g/mol. The fourth-order valence-electron chi connectivity index (χ4n) is 1.13. The number of hydrogen-bond donors (Lipinski definition) is 0. The Kier molecular flexibility index (Phi) is 2.33. The van der Waals surface area contributed by atoms with Crippen LogP contribution in [0.15, 0.2) is 31.9 Å². The topological polar surface area (TPSA) is 30.2 Å². The molecule has 0 bridgehead atoms. The summed E-state index contributed by atoms with van der Waals surface area (Å²) >= 11 is 8.79. The van der Waals surface area contributed by atoms with E-state index in [0.717, 1.165) is 0 Å². The van der Waals surface area contributed by atoms with Crippen molar-refractivity contribution in [3.8, 4) is 0 Å². The van der Waals surface area contributed by atoms with Gasteiger partial charge in [-0.05, 0) is 28.1 Å². The lowest BCUT2D eigenvalue weighted by atomic mass is 10.2. The van der Waals surface area contributed by atoms with E-state index in [4.69, 9.17) is 16.0 Å². The van der Waals surface area contributed by atoms with Crippen molar-refractivity contribution in [2.24, 2.45) is 0 Å². The minimum absolute atomic E-state index is 0.109. The van der Waals surface area contributed by atoms with E-state index in [1.54, 1.807) is 6.07 Å². The summed E-state index contributed by atoms with van der Waals surface area (Å²) in [5.41, 5.74) is -0.807. The lowest BCUT2D eigenvalue weighted by Crippen LogP contribution is -2.01. The predicted octanol–water partition coefficient (Wildman–Crippen LogP) is 3.35. The molecule has 2 aromatic rings. The van der Waals surface area contributed by atoms with Gasteiger partial charge in [0.1, 0.15) is 4.47 Å². The number of para-hydroxylation sites is 1. The van der Waals surface area contributed by atoms with Crippen molar-refractivity contribution in [2.75, 3.05) is 0 Å². The smallest absolute Gasteiger partial charge is 0.352 e. The molecule has 0 amide bonds. The third-order valence-corrected chi connectivity index (χ3v) is 3.11. The second-order valence-corrected chi connectivity index (χ2v) is 3.80. The molecular weight excluding hydrogens is 274 g/mol. The van der Waals surface area contributed by atoms with Crippen LogP contribution in [0.25, 0.3) is 11.0 Å². The van der Waals surface area contributed by atoms with Crippen LogP contribution >= 0.6 is 27.5 Å². The maximum absolute atomic E-state index is 13.2. The van der Waals surface area contributed by atoms with Crippen LogP contribution in [0.3, 0.4) is 0 Å². The van der Waals surface area contributed by atoms with Gasteiger partial charge in [0.2, 0.25) is 0 Å². The minimum atomic E-state index is -0.687. The molecule has 0 N–H and O–H groups in total. The van der Waals surface area contributed by atoms with Gasteiger partial charge in [-0.25, -0.2) is 9.18 Å². The highest BCUT2D eigenvalue weighted by atomic mass is 79.9. The van der Waals surface area contributed by atoms with E-state index in [2.05, 4.69) is 15.9 Å². The Balaban J connectivity index is 3.06. The van der Waals surface area contributed by atoms with Crippen molar-refractivity contribution in [2.45, 2.75) is 0 Å². The molecular formula is C9H3BrClFO2. The van der Waals surface area contributed by atoms with Crippen molar-refractivity contribution in [3.63, 3.8) is 0 Å². The maximum atomic E-state index is 13.2. The van der Waals surface area contributed by atoms with E-state index in [9.17, 15) is 9.18 Å². The molecule has 1 aromatic heterocycles. The van der Waals surface area contributed by atoms with Crippen LogP contribution in [-0.2, 0) is 0 Å². The molecule has 1 heterocycles. The zero-order valence-electron chi connectivity index (χ0n) is 6.68. The molecule has 72 valence electrons. The first-order chi connectivity index (χ1) is 6.61. The van der Waals surface area contributed by atoms with Gasteiger partial charge in [0.25, 0.3) is 0 Å². The number of rotatable bonds is 0. The van der Waals surface area contributed by atoms with Crippen molar-refractivity contribution < 1.29 is 8.81 Å². The first kappa shape index (κ1) is 9.68. The van der Waals surface area contributed by atoms with E-state index < -0.39 is 11.4 Å². The molecule has 0 aliphatic carbocycles. The molecule has 2 rings (SSSR count). The Hall–Kier alpha value is -0.870. The van der Waals surface area contributed by atoms with Gasteiger partial charge in [-0.15, -0.1) is 0 Å². The van der Waals surface area contributed by atoms with Crippen LogP contribution in [0.1, 0.15) is 0 Å². The van der Waals surface area contributed by atoms with Gasteiger partial charge in [0.15, 0.2) is 11.4 Å². The van der Waals surface area contributed by atoms with Crippen molar-refractivity contribution >= 4 is 38.5 Å². The van der Waals surface area contributed by atoms with E-state index in [-0.39, 0.29) is 15.1 Å². The third kappa shape index (κ3) is 1.35. The highest BCUT2D eigenvalue weighted by Crippen LogP contribution is 2.29. The van der Waals surface area contributed by atoms with Crippen LogP contribution in [0.5, 0.6) is 0 Å². The summed E-state index contributed by atoms with van der Waals surface area (Å²) in [5.74, 6) is -0.603.